The van der Waals surface area contributed by atoms with Gasteiger partial charge in [0.1, 0.15) is 0 Å². The molecule has 19 heavy (non-hydrogen) atoms. The van der Waals surface area contributed by atoms with Crippen LogP contribution in [-0.4, -0.2) is 36.2 Å². The molecule has 0 saturated heterocycles. The van der Waals surface area contributed by atoms with Gasteiger partial charge in [0.25, 0.3) is 5.91 Å². The first kappa shape index (κ1) is 15.2. The number of carboxylic acids is 1. The summed E-state index contributed by atoms with van der Waals surface area (Å²) in [5.74, 6) is -1.55. The number of carbonyl (C=O) groups excluding carboxylic acids is 1. The van der Waals surface area contributed by atoms with Crippen molar-refractivity contribution in [3.8, 4) is 0 Å². The molecule has 0 fully saturated rings. The highest BCUT2D eigenvalue weighted by molar-refractivity contribution is 5.99. The third-order valence-corrected chi connectivity index (χ3v) is 3.14. The van der Waals surface area contributed by atoms with Crippen LogP contribution in [0.25, 0.3) is 0 Å². The van der Waals surface area contributed by atoms with Gasteiger partial charge >= 0.3 is 5.97 Å². The first-order valence-electron chi connectivity index (χ1n) is 5.93. The Bertz CT molecular complexity index is 498. The van der Waals surface area contributed by atoms with Crippen molar-refractivity contribution in [2.75, 3.05) is 13.7 Å². The van der Waals surface area contributed by atoms with Crippen LogP contribution in [0.15, 0.2) is 18.2 Å². The Morgan fingerprint density at radius 2 is 2.00 bits per heavy atom. The second-order valence-corrected chi connectivity index (χ2v) is 4.77. The highest BCUT2D eigenvalue weighted by Crippen LogP contribution is 2.14. The first-order chi connectivity index (χ1) is 8.81. The Morgan fingerprint density at radius 3 is 2.53 bits per heavy atom. The fourth-order valence-electron chi connectivity index (χ4n) is 1.75. The number of ether oxygens (including phenoxy) is 1. The number of rotatable bonds is 5. The lowest BCUT2D eigenvalue weighted by Gasteiger charge is -2.25. The smallest absolute Gasteiger partial charge is 0.331 e. The van der Waals surface area contributed by atoms with E-state index in [1.165, 1.54) is 14.0 Å². The Kier molecular flexibility index (Phi) is 4.67. The zero-order valence-electron chi connectivity index (χ0n) is 11.6. The van der Waals surface area contributed by atoms with Crippen molar-refractivity contribution >= 4 is 11.9 Å². The molecule has 0 bridgehead atoms. The zero-order chi connectivity index (χ0) is 14.6. The van der Waals surface area contributed by atoms with E-state index in [-0.39, 0.29) is 6.61 Å². The number of amides is 1. The zero-order valence-corrected chi connectivity index (χ0v) is 11.6. The molecule has 104 valence electrons. The third kappa shape index (κ3) is 3.32. The van der Waals surface area contributed by atoms with E-state index in [2.05, 4.69) is 5.32 Å². The minimum Gasteiger partial charge on any atom is -0.479 e. The van der Waals surface area contributed by atoms with Gasteiger partial charge in [0, 0.05) is 12.7 Å². The average Bonchev–Trinajstić information content (AvgIpc) is 2.32. The second-order valence-electron chi connectivity index (χ2n) is 4.77. The van der Waals surface area contributed by atoms with Crippen LogP contribution in [0.5, 0.6) is 0 Å². The van der Waals surface area contributed by atoms with E-state index in [1.54, 1.807) is 12.1 Å². The molecule has 0 radical (unpaired) electrons. The van der Waals surface area contributed by atoms with Crippen LogP contribution in [0, 0.1) is 13.8 Å². The van der Waals surface area contributed by atoms with Crippen molar-refractivity contribution in [2.45, 2.75) is 26.3 Å². The highest BCUT2D eigenvalue weighted by atomic mass is 16.5. The molecule has 1 aromatic rings. The molecule has 1 unspecified atom stereocenters. The molecule has 5 heteroatoms. The second kappa shape index (κ2) is 5.84. The van der Waals surface area contributed by atoms with Crippen LogP contribution in [0.1, 0.15) is 28.4 Å². The maximum Gasteiger partial charge on any atom is 0.331 e. The summed E-state index contributed by atoms with van der Waals surface area (Å²) in [5.41, 5.74) is 0.854. The molecule has 1 atom stereocenters. The fourth-order valence-corrected chi connectivity index (χ4v) is 1.75. The van der Waals surface area contributed by atoms with Crippen LogP contribution in [0.2, 0.25) is 0 Å². The van der Waals surface area contributed by atoms with Gasteiger partial charge in [-0.3, -0.25) is 4.79 Å². The molecule has 0 aliphatic heterocycles. The first-order valence-corrected chi connectivity index (χ1v) is 5.93. The molecule has 1 amide bonds. The van der Waals surface area contributed by atoms with Gasteiger partial charge in [-0.2, -0.15) is 0 Å². The Labute approximate surface area is 112 Å². The molecule has 0 heterocycles. The molecule has 0 aromatic heterocycles. The fraction of sp³-hybridized carbons (Fsp3) is 0.429. The minimum absolute atomic E-state index is 0.0983. The van der Waals surface area contributed by atoms with Crippen molar-refractivity contribution in [3.05, 3.63) is 34.9 Å². The number of aliphatic carboxylic acids is 1. The predicted octanol–water partition coefficient (Wildman–Crippen LogP) is 1.52. The van der Waals surface area contributed by atoms with E-state index in [4.69, 9.17) is 4.74 Å². The van der Waals surface area contributed by atoms with Gasteiger partial charge in [0.05, 0.1) is 6.61 Å². The Morgan fingerprint density at radius 1 is 1.37 bits per heavy atom. The lowest BCUT2D eigenvalue weighted by Crippen LogP contribution is -2.55. The summed E-state index contributed by atoms with van der Waals surface area (Å²) in [4.78, 5) is 23.4. The molecule has 5 nitrogen and oxygen atoms in total. The number of nitrogens with one attached hydrogen (secondary N) is 1. The molecule has 0 aliphatic carbocycles. The summed E-state index contributed by atoms with van der Waals surface area (Å²) in [6.07, 6.45) is 0. The lowest BCUT2D eigenvalue weighted by molar-refractivity contribution is -0.145. The van der Waals surface area contributed by atoms with Gasteiger partial charge in [0.15, 0.2) is 5.54 Å². The van der Waals surface area contributed by atoms with Crippen LogP contribution in [0.4, 0.5) is 0 Å². The minimum atomic E-state index is -1.44. The van der Waals surface area contributed by atoms with Crippen molar-refractivity contribution in [2.24, 2.45) is 0 Å². The van der Waals surface area contributed by atoms with Gasteiger partial charge in [0.2, 0.25) is 0 Å². The van der Waals surface area contributed by atoms with E-state index in [0.717, 1.165) is 11.1 Å². The summed E-state index contributed by atoms with van der Waals surface area (Å²) in [5, 5.41) is 11.7. The van der Waals surface area contributed by atoms with Crippen molar-refractivity contribution in [1.29, 1.82) is 0 Å². The summed E-state index contributed by atoms with van der Waals surface area (Å²) in [6, 6.07) is 5.34. The quantitative estimate of drug-likeness (QED) is 0.846. The predicted molar refractivity (Wildman–Crippen MR) is 71.3 cm³/mol. The maximum absolute atomic E-state index is 12.2. The van der Waals surface area contributed by atoms with Gasteiger partial charge in [-0.1, -0.05) is 12.1 Å². The molecule has 0 saturated carbocycles. The molecule has 2 N–H and O–H groups in total. The number of hydrogen-bond acceptors (Lipinski definition) is 3. The van der Waals surface area contributed by atoms with Crippen molar-refractivity contribution in [3.63, 3.8) is 0 Å². The number of carboxylic acid groups (broad SMARTS) is 1. The van der Waals surface area contributed by atoms with E-state index < -0.39 is 17.4 Å². The maximum atomic E-state index is 12.2. The number of benzene rings is 1. The van der Waals surface area contributed by atoms with Gasteiger partial charge in [-0.25, -0.2) is 4.79 Å². The normalized spacial score (nSPS) is 13.7. The highest BCUT2D eigenvalue weighted by Gasteiger charge is 2.35. The lowest BCUT2D eigenvalue weighted by atomic mass is 9.99. The summed E-state index contributed by atoms with van der Waals surface area (Å²) >= 11 is 0. The molecule has 0 aliphatic rings. The van der Waals surface area contributed by atoms with Gasteiger partial charge in [-0.05, 0) is 38.0 Å². The van der Waals surface area contributed by atoms with Crippen LogP contribution in [-0.2, 0) is 9.53 Å². The topological polar surface area (TPSA) is 75.6 Å². The van der Waals surface area contributed by atoms with E-state index >= 15 is 0 Å². The van der Waals surface area contributed by atoms with E-state index in [9.17, 15) is 14.7 Å². The Hall–Kier alpha value is -1.88. The summed E-state index contributed by atoms with van der Waals surface area (Å²) in [7, 11) is 1.39. The number of aryl methyl sites for hydroxylation is 1. The van der Waals surface area contributed by atoms with E-state index in [0.29, 0.717) is 5.56 Å². The van der Waals surface area contributed by atoms with Crippen molar-refractivity contribution < 1.29 is 19.4 Å². The molecule has 1 aromatic carbocycles. The average molecular weight is 265 g/mol. The van der Waals surface area contributed by atoms with Crippen LogP contribution >= 0.6 is 0 Å². The van der Waals surface area contributed by atoms with Gasteiger partial charge < -0.3 is 15.2 Å². The monoisotopic (exact) mass is 265 g/mol. The third-order valence-electron chi connectivity index (χ3n) is 3.14. The SMILES string of the molecule is COCC(C)(NC(=O)c1cccc(C)c1C)C(=O)O. The van der Waals surface area contributed by atoms with Gasteiger partial charge in [-0.15, -0.1) is 0 Å². The van der Waals surface area contributed by atoms with Crippen LogP contribution in [0.3, 0.4) is 0 Å². The Balaban J connectivity index is 3.01. The molecule has 0 spiro atoms. The number of hydrogen-bond donors (Lipinski definition) is 2. The molecular formula is C14H19NO4. The van der Waals surface area contributed by atoms with Crippen molar-refractivity contribution in [1.82, 2.24) is 5.32 Å². The van der Waals surface area contributed by atoms with E-state index in [1.807, 2.05) is 19.9 Å². The molecule has 1 rings (SSSR count). The molecular weight excluding hydrogens is 246 g/mol. The standard InChI is InChI=1S/C14H19NO4/c1-9-6-5-7-11(10(9)2)12(16)15-14(3,8-19-4)13(17)18/h5-7H,8H2,1-4H3,(H,15,16)(H,17,18). The number of methoxy groups -OCH3 is 1. The summed E-state index contributed by atoms with van der Waals surface area (Å²) in [6.45, 7) is 5.05. The summed E-state index contributed by atoms with van der Waals surface area (Å²) < 4.78 is 4.86. The van der Waals surface area contributed by atoms with Crippen LogP contribution < -0.4 is 5.32 Å². The largest absolute Gasteiger partial charge is 0.479 e. The number of carbonyl (C=O) groups is 2.